The van der Waals surface area contributed by atoms with Crippen LogP contribution in [0.15, 0.2) is 103 Å². The van der Waals surface area contributed by atoms with Crippen molar-refractivity contribution in [3.8, 4) is 62.8 Å². The summed E-state index contributed by atoms with van der Waals surface area (Å²) < 4.78 is 30.6. The van der Waals surface area contributed by atoms with Crippen molar-refractivity contribution in [1.82, 2.24) is 19.4 Å². The van der Waals surface area contributed by atoms with Gasteiger partial charge in [-0.2, -0.15) is 0 Å². The molecule has 0 fully saturated rings. The lowest BCUT2D eigenvalue weighted by molar-refractivity contribution is 0.243. The number of phenolic OH excluding ortho intramolecular Hbond substituents is 1. The number of aromatic hydroxyl groups is 1. The maximum absolute atomic E-state index is 10.6. The molecule has 282 valence electrons. The van der Waals surface area contributed by atoms with Crippen LogP contribution in [-0.4, -0.2) is 72.6 Å². The summed E-state index contributed by atoms with van der Waals surface area (Å²) in [5.74, 6) is 4.25. The molecule has 11 heteroatoms. The first-order chi connectivity index (χ1) is 26.1. The lowest BCUT2D eigenvalue weighted by Crippen LogP contribution is -2.19. The summed E-state index contributed by atoms with van der Waals surface area (Å²) in [6.07, 6.45) is 0. The van der Waals surface area contributed by atoms with Crippen LogP contribution in [0.3, 0.4) is 0 Å². The first-order valence-electron chi connectivity index (χ1n) is 17.7. The number of anilines is 1. The third-order valence-electron chi connectivity index (χ3n) is 8.44. The van der Waals surface area contributed by atoms with Crippen molar-refractivity contribution in [2.24, 2.45) is 0 Å². The van der Waals surface area contributed by atoms with Gasteiger partial charge in [-0.3, -0.25) is 0 Å². The van der Waals surface area contributed by atoms with Gasteiger partial charge >= 0.3 is 0 Å². The number of benzene rings is 3. The minimum Gasteiger partial charge on any atom is -0.504 e. The van der Waals surface area contributed by atoms with Crippen molar-refractivity contribution >= 4 is 5.82 Å². The van der Waals surface area contributed by atoms with Gasteiger partial charge in [0.1, 0.15) is 36.3 Å². The zero-order chi connectivity index (χ0) is 38.6. The molecule has 3 aromatic carbocycles. The highest BCUT2D eigenvalue weighted by Crippen LogP contribution is 2.41. The fraction of sp³-hybridized carbons (Fsp3) is 0.256. The van der Waals surface area contributed by atoms with Gasteiger partial charge in [-0.1, -0.05) is 42.5 Å². The molecule has 0 bridgehead atoms. The third kappa shape index (κ3) is 9.81. The second-order valence-corrected chi connectivity index (χ2v) is 12.7. The van der Waals surface area contributed by atoms with Crippen LogP contribution < -0.4 is 29.4 Å². The number of nitrogen functional groups attached to an aromatic ring is 1. The highest BCUT2D eigenvalue weighted by Gasteiger charge is 2.17. The number of ether oxygens (including phenoxy) is 5. The number of likely N-dealkylation sites (N-methyl/N-ethyl adjacent to an activating group) is 1. The number of hydrogen-bond donors (Lipinski definition) is 2. The van der Waals surface area contributed by atoms with E-state index in [1.807, 2.05) is 108 Å². The molecule has 3 aromatic heterocycles. The van der Waals surface area contributed by atoms with E-state index in [1.54, 1.807) is 32.4 Å². The highest BCUT2D eigenvalue weighted by molar-refractivity contribution is 5.73. The molecule has 0 spiro atoms. The zero-order valence-corrected chi connectivity index (χ0v) is 32.0. The van der Waals surface area contributed by atoms with Crippen LogP contribution in [0.4, 0.5) is 5.82 Å². The van der Waals surface area contributed by atoms with Gasteiger partial charge in [-0.25, -0.2) is 9.97 Å². The van der Waals surface area contributed by atoms with Gasteiger partial charge in [-0.05, 0) is 89.0 Å². The van der Waals surface area contributed by atoms with Crippen molar-refractivity contribution < 1.29 is 28.8 Å². The Labute approximate surface area is 317 Å². The van der Waals surface area contributed by atoms with E-state index in [0.29, 0.717) is 65.6 Å². The fourth-order valence-corrected chi connectivity index (χ4v) is 5.73. The number of aryl methyl sites for hydroxylation is 2. The Morgan fingerprint density at radius 2 is 1.28 bits per heavy atom. The molecule has 0 aliphatic heterocycles. The van der Waals surface area contributed by atoms with Crippen molar-refractivity contribution in [2.75, 3.05) is 53.8 Å². The molecule has 11 nitrogen and oxygen atoms in total. The van der Waals surface area contributed by atoms with Gasteiger partial charge in [0.05, 0.1) is 32.2 Å². The van der Waals surface area contributed by atoms with Crippen molar-refractivity contribution in [3.63, 3.8) is 0 Å². The predicted molar refractivity (Wildman–Crippen MR) is 213 cm³/mol. The lowest BCUT2D eigenvalue weighted by Gasteiger charge is -2.17. The molecule has 0 amide bonds. The van der Waals surface area contributed by atoms with Gasteiger partial charge in [-0.15, -0.1) is 0 Å². The SMILES string of the molecule is CCOc1cc(-c2cccc(N)n2)c(OC)cc1OCCN(C)C.COc1cc(OCc2ccccc2)c(O)cc1-c1cccc(-n2c(C)ccc2C)n1. The number of hydrogen-bond acceptors (Lipinski definition) is 10. The van der Waals surface area contributed by atoms with E-state index in [2.05, 4.69) is 26.6 Å². The van der Waals surface area contributed by atoms with Crippen LogP contribution in [0.2, 0.25) is 0 Å². The van der Waals surface area contributed by atoms with Gasteiger partial charge in [0.25, 0.3) is 0 Å². The molecule has 0 unspecified atom stereocenters. The van der Waals surface area contributed by atoms with E-state index >= 15 is 0 Å². The van der Waals surface area contributed by atoms with Gasteiger partial charge in [0.2, 0.25) is 0 Å². The van der Waals surface area contributed by atoms with E-state index in [-0.39, 0.29) is 5.75 Å². The van der Waals surface area contributed by atoms with E-state index < -0.39 is 0 Å². The molecular weight excluding hydrogens is 683 g/mol. The molecule has 3 N–H and O–H groups in total. The van der Waals surface area contributed by atoms with Crippen LogP contribution >= 0.6 is 0 Å². The smallest absolute Gasteiger partial charge is 0.165 e. The molecule has 0 atom stereocenters. The number of phenols is 1. The summed E-state index contributed by atoms with van der Waals surface area (Å²) >= 11 is 0. The maximum atomic E-state index is 10.6. The Balaban J connectivity index is 0.000000213. The quantitative estimate of drug-likeness (QED) is 0.113. The van der Waals surface area contributed by atoms with Crippen LogP contribution in [0.25, 0.3) is 28.3 Å². The Hall–Kier alpha value is -6.20. The second-order valence-electron chi connectivity index (χ2n) is 12.7. The first-order valence-corrected chi connectivity index (χ1v) is 17.7. The lowest BCUT2D eigenvalue weighted by atomic mass is 10.1. The summed E-state index contributed by atoms with van der Waals surface area (Å²) in [5, 5.41) is 10.6. The number of methoxy groups -OCH3 is 2. The van der Waals surface area contributed by atoms with Crippen molar-refractivity contribution in [2.45, 2.75) is 27.4 Å². The van der Waals surface area contributed by atoms with Crippen molar-refractivity contribution in [3.05, 3.63) is 120 Å². The van der Waals surface area contributed by atoms with Crippen LogP contribution in [-0.2, 0) is 6.61 Å². The molecule has 0 saturated heterocycles. The van der Waals surface area contributed by atoms with Crippen LogP contribution in [0.1, 0.15) is 23.9 Å². The van der Waals surface area contributed by atoms with E-state index in [4.69, 9.17) is 34.4 Å². The third-order valence-corrected chi connectivity index (χ3v) is 8.44. The number of rotatable bonds is 14. The molecule has 6 aromatic rings. The summed E-state index contributed by atoms with van der Waals surface area (Å²) in [6.45, 7) is 8.31. The Kier molecular flexibility index (Phi) is 13.4. The average Bonchev–Trinajstić information content (AvgIpc) is 3.52. The minimum atomic E-state index is 0.0438. The minimum absolute atomic E-state index is 0.0438. The van der Waals surface area contributed by atoms with E-state index in [0.717, 1.165) is 40.6 Å². The van der Waals surface area contributed by atoms with E-state index in [9.17, 15) is 5.11 Å². The summed E-state index contributed by atoms with van der Waals surface area (Å²) in [5.41, 5.74) is 12.0. The molecular formula is C43H49N5O6. The monoisotopic (exact) mass is 731 g/mol. The molecule has 6 rings (SSSR count). The standard InChI is InChI=1S/C25H24N2O3.C18H25N3O3/c1-17-12-13-18(2)27(17)25-11-7-10-21(26-25)20-14-22(28)24(15-23(20)29-3)30-16-19-8-5-4-6-9-19;1-5-23-16-11-13(14-7-6-8-18(19)20-14)15(22-4)12-17(16)24-10-9-21(2)3/h4-15,28H,16H2,1-3H3;6-8,11-12H,5,9-10H2,1-4H3,(H2,19,20). The molecule has 3 heterocycles. The van der Waals surface area contributed by atoms with Gasteiger partial charge in [0, 0.05) is 41.2 Å². The molecule has 54 heavy (non-hydrogen) atoms. The van der Waals surface area contributed by atoms with Crippen LogP contribution in [0.5, 0.6) is 34.5 Å². The van der Waals surface area contributed by atoms with E-state index in [1.165, 1.54) is 0 Å². The molecule has 0 aliphatic carbocycles. The summed E-state index contributed by atoms with van der Waals surface area (Å²) in [4.78, 5) is 11.2. The number of aromatic nitrogens is 3. The number of nitrogens with zero attached hydrogens (tertiary/aromatic N) is 4. The largest absolute Gasteiger partial charge is 0.504 e. The first kappa shape index (κ1) is 39.0. The Morgan fingerprint density at radius 3 is 1.91 bits per heavy atom. The molecule has 0 radical (unpaired) electrons. The van der Waals surface area contributed by atoms with Crippen LogP contribution in [0, 0.1) is 13.8 Å². The number of pyridine rings is 2. The van der Waals surface area contributed by atoms with Gasteiger partial charge < -0.3 is 44.0 Å². The Morgan fingerprint density at radius 1 is 0.667 bits per heavy atom. The fourth-order valence-electron chi connectivity index (χ4n) is 5.73. The average molecular weight is 732 g/mol. The topological polar surface area (TPSA) is 126 Å². The normalized spacial score (nSPS) is 10.7. The summed E-state index contributed by atoms with van der Waals surface area (Å²) in [6, 6.07) is 32.3. The van der Waals surface area contributed by atoms with Gasteiger partial charge in [0.15, 0.2) is 23.0 Å². The predicted octanol–water partition coefficient (Wildman–Crippen LogP) is 8.13. The number of nitrogens with two attached hydrogens (primary N) is 1. The Bertz CT molecular complexity index is 2110. The highest BCUT2D eigenvalue weighted by atomic mass is 16.5. The molecule has 0 aliphatic rings. The zero-order valence-electron chi connectivity index (χ0n) is 32.0. The van der Waals surface area contributed by atoms with Crippen molar-refractivity contribution in [1.29, 1.82) is 0 Å². The second kappa shape index (κ2) is 18.5. The molecule has 0 saturated carbocycles. The summed E-state index contributed by atoms with van der Waals surface area (Å²) in [7, 11) is 7.22. The maximum Gasteiger partial charge on any atom is 0.165 e.